The van der Waals surface area contributed by atoms with E-state index in [9.17, 15) is 4.79 Å². The fourth-order valence-corrected chi connectivity index (χ4v) is 4.76. The van der Waals surface area contributed by atoms with E-state index in [1.807, 2.05) is 4.90 Å². The van der Waals surface area contributed by atoms with Gasteiger partial charge in [0.15, 0.2) is 0 Å². The van der Waals surface area contributed by atoms with Crippen molar-refractivity contribution in [3.8, 4) is 5.88 Å². The molecule has 2 fully saturated rings. The second-order valence-corrected chi connectivity index (χ2v) is 8.25. The molecule has 2 aliphatic rings. The fourth-order valence-electron chi connectivity index (χ4n) is 4.56. The van der Waals surface area contributed by atoms with Crippen LogP contribution in [0.25, 0.3) is 0 Å². The van der Waals surface area contributed by atoms with Crippen molar-refractivity contribution in [3.63, 3.8) is 0 Å². The van der Waals surface area contributed by atoms with Gasteiger partial charge >= 0.3 is 0 Å². The number of likely N-dealkylation sites (tertiary alicyclic amines) is 1. The molecule has 2 atom stereocenters. The average molecular weight is 323 g/mol. The lowest BCUT2D eigenvalue weighted by Gasteiger charge is -2.39. The number of amides is 1. The van der Waals surface area contributed by atoms with Crippen LogP contribution < -0.4 is 4.74 Å². The number of carbonyl (C=O) groups is 1. The molecule has 2 heterocycles. The quantitative estimate of drug-likeness (QED) is 0.778. The molecule has 0 N–H and O–H groups in total. The van der Waals surface area contributed by atoms with Gasteiger partial charge in [-0.1, -0.05) is 32.4 Å². The Hall–Kier alpha value is -1.29. The first-order chi connectivity index (χ1) is 10.2. The summed E-state index contributed by atoms with van der Waals surface area (Å²) in [6, 6.07) is 3.62. The molecule has 22 heavy (non-hydrogen) atoms. The van der Waals surface area contributed by atoms with Crippen molar-refractivity contribution in [1.82, 2.24) is 9.88 Å². The summed E-state index contributed by atoms with van der Waals surface area (Å²) in [5, 5.41) is 0.288. The Kier molecular flexibility index (Phi) is 3.63. The van der Waals surface area contributed by atoms with Crippen LogP contribution in [0.3, 0.4) is 0 Å². The average Bonchev–Trinajstić information content (AvgIpc) is 2.66. The third-order valence-corrected chi connectivity index (χ3v) is 5.10. The number of nitrogens with zero attached hydrogens (tertiary/aromatic N) is 2. The predicted molar refractivity (Wildman–Crippen MR) is 86.4 cm³/mol. The first kappa shape index (κ1) is 15.6. The molecule has 0 spiro atoms. The van der Waals surface area contributed by atoms with Crippen molar-refractivity contribution < 1.29 is 9.53 Å². The number of pyridine rings is 1. The minimum atomic E-state index is 0.0361. The summed E-state index contributed by atoms with van der Waals surface area (Å²) in [5.41, 5.74) is 1.08. The lowest BCUT2D eigenvalue weighted by Crippen LogP contribution is -2.37. The minimum Gasteiger partial charge on any atom is -0.481 e. The molecule has 5 heteroatoms. The Labute approximate surface area is 136 Å². The third-order valence-electron chi connectivity index (χ3n) is 4.90. The van der Waals surface area contributed by atoms with Crippen molar-refractivity contribution in [3.05, 3.63) is 22.8 Å². The maximum atomic E-state index is 12.9. The van der Waals surface area contributed by atoms with Crippen molar-refractivity contribution >= 4 is 17.5 Å². The molecule has 2 unspecified atom stereocenters. The van der Waals surface area contributed by atoms with Gasteiger partial charge in [0.2, 0.25) is 5.88 Å². The summed E-state index contributed by atoms with van der Waals surface area (Å²) in [6.45, 7) is 7.73. The van der Waals surface area contributed by atoms with Gasteiger partial charge in [-0.25, -0.2) is 4.98 Å². The highest BCUT2D eigenvalue weighted by Gasteiger charge is 2.51. The van der Waals surface area contributed by atoms with Gasteiger partial charge in [-0.05, 0) is 36.2 Å². The maximum absolute atomic E-state index is 12.9. The molecule has 1 aromatic heterocycles. The topological polar surface area (TPSA) is 42.4 Å². The summed E-state index contributed by atoms with van der Waals surface area (Å²) < 4.78 is 5.12. The molecule has 0 aromatic carbocycles. The van der Waals surface area contributed by atoms with Crippen molar-refractivity contribution in [1.29, 1.82) is 0 Å². The predicted octanol–water partition coefficient (Wildman–Crippen LogP) is 3.78. The number of ether oxygens (including phenoxy) is 1. The Morgan fingerprint density at radius 1 is 1.36 bits per heavy atom. The van der Waals surface area contributed by atoms with Crippen molar-refractivity contribution in [2.75, 3.05) is 13.7 Å². The summed E-state index contributed by atoms with van der Waals surface area (Å²) >= 11 is 6.00. The molecule has 120 valence electrons. The number of hydrogen-bond acceptors (Lipinski definition) is 3. The van der Waals surface area contributed by atoms with E-state index in [0.717, 1.165) is 19.4 Å². The van der Waals surface area contributed by atoms with E-state index >= 15 is 0 Å². The van der Waals surface area contributed by atoms with Gasteiger partial charge in [-0.3, -0.25) is 4.79 Å². The smallest absolute Gasteiger partial charge is 0.254 e. The zero-order chi connectivity index (χ0) is 16.1. The zero-order valence-corrected chi connectivity index (χ0v) is 14.4. The molecule has 1 aliphatic heterocycles. The number of aromatic nitrogens is 1. The molecular weight excluding hydrogens is 300 g/mol. The second kappa shape index (κ2) is 5.12. The number of carbonyl (C=O) groups excluding carboxylic acids is 1. The number of hydrogen-bond donors (Lipinski definition) is 0. The van der Waals surface area contributed by atoms with E-state index in [1.165, 1.54) is 13.5 Å². The van der Waals surface area contributed by atoms with E-state index < -0.39 is 0 Å². The molecule has 0 radical (unpaired) electrons. The van der Waals surface area contributed by atoms with Gasteiger partial charge in [0, 0.05) is 24.2 Å². The van der Waals surface area contributed by atoms with Crippen LogP contribution in [0.1, 0.15) is 50.4 Å². The van der Waals surface area contributed by atoms with Crippen molar-refractivity contribution in [2.45, 2.75) is 46.1 Å². The van der Waals surface area contributed by atoms with Crippen LogP contribution in [-0.2, 0) is 0 Å². The van der Waals surface area contributed by atoms with Gasteiger partial charge in [0.25, 0.3) is 5.91 Å². The second-order valence-electron chi connectivity index (χ2n) is 7.87. The lowest BCUT2D eigenvalue weighted by atomic mass is 9.65. The van der Waals surface area contributed by atoms with Crippen LogP contribution in [0, 0.1) is 10.8 Å². The van der Waals surface area contributed by atoms with Gasteiger partial charge in [0.1, 0.15) is 5.15 Å². The van der Waals surface area contributed by atoms with Crippen LogP contribution >= 0.6 is 11.6 Å². The summed E-state index contributed by atoms with van der Waals surface area (Å²) in [6.07, 6.45) is 3.32. The maximum Gasteiger partial charge on any atom is 0.254 e. The van der Waals surface area contributed by atoms with E-state index in [0.29, 0.717) is 22.9 Å². The SMILES string of the molecule is COc1cc(C(=O)N2CC3(C)CC2CC(C)(C)C3)cc(Cl)n1. The summed E-state index contributed by atoms with van der Waals surface area (Å²) in [5.74, 6) is 0.415. The summed E-state index contributed by atoms with van der Waals surface area (Å²) in [4.78, 5) is 19.0. The molecule has 1 aliphatic carbocycles. The van der Waals surface area contributed by atoms with E-state index in [4.69, 9.17) is 16.3 Å². The van der Waals surface area contributed by atoms with Crippen molar-refractivity contribution in [2.24, 2.45) is 10.8 Å². The normalized spacial score (nSPS) is 29.5. The van der Waals surface area contributed by atoms with Crippen LogP contribution in [0.4, 0.5) is 0 Å². The van der Waals surface area contributed by atoms with E-state index in [1.54, 1.807) is 12.1 Å². The number of halogens is 1. The highest BCUT2D eigenvalue weighted by atomic mass is 35.5. The molecule has 1 saturated carbocycles. The lowest BCUT2D eigenvalue weighted by molar-refractivity contribution is 0.0707. The first-order valence-electron chi connectivity index (χ1n) is 7.74. The first-order valence-corrected chi connectivity index (χ1v) is 8.12. The Morgan fingerprint density at radius 2 is 2.09 bits per heavy atom. The molecule has 1 saturated heterocycles. The van der Waals surface area contributed by atoms with E-state index in [2.05, 4.69) is 25.8 Å². The van der Waals surface area contributed by atoms with Gasteiger partial charge in [-0.2, -0.15) is 0 Å². The standard InChI is InChI=1S/C17H23ClN2O2/c1-16(2)7-12-8-17(3,9-16)10-20(12)15(21)11-5-13(18)19-14(6-11)22-4/h5-6,12H,7-10H2,1-4H3. The van der Waals surface area contributed by atoms with Gasteiger partial charge < -0.3 is 9.64 Å². The van der Waals surface area contributed by atoms with Gasteiger partial charge in [-0.15, -0.1) is 0 Å². The highest BCUT2D eigenvalue weighted by Crippen LogP contribution is 2.52. The fraction of sp³-hybridized carbons (Fsp3) is 0.647. The molecule has 4 nitrogen and oxygen atoms in total. The molecule has 2 bridgehead atoms. The van der Waals surface area contributed by atoms with Crippen LogP contribution in [0.15, 0.2) is 12.1 Å². The largest absolute Gasteiger partial charge is 0.481 e. The Morgan fingerprint density at radius 3 is 2.77 bits per heavy atom. The van der Waals surface area contributed by atoms with E-state index in [-0.39, 0.29) is 16.5 Å². The Balaban J connectivity index is 1.89. The number of fused-ring (bicyclic) bond motifs is 2. The van der Waals surface area contributed by atoms with Gasteiger partial charge in [0.05, 0.1) is 7.11 Å². The molecule has 1 amide bonds. The third kappa shape index (κ3) is 2.81. The number of rotatable bonds is 2. The van der Waals surface area contributed by atoms with Crippen LogP contribution in [0.5, 0.6) is 5.88 Å². The molecule has 3 rings (SSSR count). The Bertz CT molecular complexity index is 617. The van der Waals surface area contributed by atoms with Crippen LogP contribution in [-0.4, -0.2) is 35.5 Å². The molecular formula is C17H23ClN2O2. The minimum absolute atomic E-state index is 0.0361. The zero-order valence-electron chi connectivity index (χ0n) is 13.6. The highest BCUT2D eigenvalue weighted by molar-refractivity contribution is 6.29. The monoisotopic (exact) mass is 322 g/mol. The number of methoxy groups -OCH3 is 1. The molecule has 1 aromatic rings. The summed E-state index contributed by atoms with van der Waals surface area (Å²) in [7, 11) is 1.53. The van der Waals surface area contributed by atoms with Crippen LogP contribution in [0.2, 0.25) is 5.15 Å².